The van der Waals surface area contributed by atoms with Crippen molar-refractivity contribution in [3.8, 4) is 0 Å². The summed E-state index contributed by atoms with van der Waals surface area (Å²) in [4.78, 5) is 0. The van der Waals surface area contributed by atoms with Gasteiger partial charge >= 0.3 is 0 Å². The molecule has 0 saturated heterocycles. The van der Waals surface area contributed by atoms with E-state index in [0.717, 1.165) is 24.3 Å². The smallest absolute Gasteiger partial charge is 0.0205 e. The Balaban J connectivity index is 1.45. The molecule has 0 radical (unpaired) electrons. The van der Waals surface area contributed by atoms with Crippen LogP contribution in [0.3, 0.4) is 0 Å². The molecule has 0 bridgehead atoms. The number of nitrogens with one attached hydrogen (secondary N) is 1. The fourth-order valence-corrected chi connectivity index (χ4v) is 3.54. The molecule has 0 aromatic heterocycles. The van der Waals surface area contributed by atoms with Gasteiger partial charge in [0.25, 0.3) is 0 Å². The van der Waals surface area contributed by atoms with Gasteiger partial charge in [0.2, 0.25) is 0 Å². The second kappa shape index (κ2) is 6.09. The van der Waals surface area contributed by atoms with E-state index in [1.165, 1.54) is 50.6 Å². The van der Waals surface area contributed by atoms with Gasteiger partial charge in [0.15, 0.2) is 0 Å². The molecule has 2 aliphatic carbocycles. The number of rotatable bonds is 5. The van der Waals surface area contributed by atoms with Gasteiger partial charge in [-0.2, -0.15) is 0 Å². The first-order chi connectivity index (χ1) is 9.31. The van der Waals surface area contributed by atoms with Crippen molar-refractivity contribution >= 4 is 0 Å². The van der Waals surface area contributed by atoms with Gasteiger partial charge < -0.3 is 5.32 Å². The predicted octanol–water partition coefficient (Wildman–Crippen LogP) is 4.48. The first kappa shape index (κ1) is 13.2. The highest BCUT2D eigenvalue weighted by Crippen LogP contribution is 2.40. The van der Waals surface area contributed by atoms with Crippen molar-refractivity contribution in [2.75, 3.05) is 6.54 Å². The molecule has 2 aliphatic rings. The van der Waals surface area contributed by atoms with Crippen molar-refractivity contribution in [3.63, 3.8) is 0 Å². The minimum absolute atomic E-state index is 0.874. The zero-order valence-electron chi connectivity index (χ0n) is 12.2. The minimum Gasteiger partial charge on any atom is -0.312 e. The van der Waals surface area contributed by atoms with Crippen molar-refractivity contribution in [2.24, 2.45) is 11.8 Å². The Morgan fingerprint density at radius 2 is 2.05 bits per heavy atom. The molecule has 1 aromatic carbocycles. The summed E-state index contributed by atoms with van der Waals surface area (Å²) >= 11 is 0. The van der Waals surface area contributed by atoms with Crippen LogP contribution in [-0.2, 0) is 6.54 Å². The van der Waals surface area contributed by atoms with E-state index in [1.54, 1.807) is 5.56 Å². The van der Waals surface area contributed by atoms with E-state index >= 15 is 0 Å². The van der Waals surface area contributed by atoms with Gasteiger partial charge in [0.1, 0.15) is 0 Å². The average molecular weight is 257 g/mol. The fraction of sp³-hybridized carbons (Fsp3) is 0.667. The van der Waals surface area contributed by atoms with Gasteiger partial charge in [-0.3, -0.25) is 0 Å². The molecule has 2 saturated carbocycles. The van der Waals surface area contributed by atoms with E-state index in [0.29, 0.717) is 0 Å². The van der Waals surface area contributed by atoms with Crippen LogP contribution in [0.4, 0.5) is 0 Å². The monoisotopic (exact) mass is 257 g/mol. The largest absolute Gasteiger partial charge is 0.312 e. The maximum atomic E-state index is 3.68. The van der Waals surface area contributed by atoms with Gasteiger partial charge in [0.05, 0.1) is 0 Å². The standard InChI is InChI=1S/C18H27N/c1-14-4-2-5-15(10-14)12-19-13-16-6-3-7-18(11-16)17-8-9-17/h3,6-7,11,14-15,17,19H,2,4-5,8-10,12-13H2,1H3. The SMILES string of the molecule is CC1CCCC(CNCc2cccc(C3CC3)c2)C1. The topological polar surface area (TPSA) is 12.0 Å². The molecule has 0 amide bonds. The summed E-state index contributed by atoms with van der Waals surface area (Å²) in [5.41, 5.74) is 3.03. The summed E-state index contributed by atoms with van der Waals surface area (Å²) in [5.74, 6) is 2.73. The molecule has 0 spiro atoms. The lowest BCUT2D eigenvalue weighted by Crippen LogP contribution is -2.26. The molecule has 1 N–H and O–H groups in total. The fourth-order valence-electron chi connectivity index (χ4n) is 3.54. The average Bonchev–Trinajstić information content (AvgIpc) is 3.23. The third-order valence-corrected chi connectivity index (χ3v) is 4.81. The van der Waals surface area contributed by atoms with Crippen LogP contribution in [0.1, 0.15) is 62.5 Å². The summed E-state index contributed by atoms with van der Waals surface area (Å²) in [6, 6.07) is 9.20. The summed E-state index contributed by atoms with van der Waals surface area (Å²) < 4.78 is 0. The van der Waals surface area contributed by atoms with Crippen molar-refractivity contribution in [1.29, 1.82) is 0 Å². The van der Waals surface area contributed by atoms with Gasteiger partial charge in [-0.25, -0.2) is 0 Å². The Labute approximate surface area is 117 Å². The highest BCUT2D eigenvalue weighted by Gasteiger charge is 2.23. The third kappa shape index (κ3) is 3.82. The Bertz CT molecular complexity index is 408. The first-order valence-electron chi connectivity index (χ1n) is 8.11. The molecule has 2 unspecified atom stereocenters. The number of hydrogen-bond donors (Lipinski definition) is 1. The highest BCUT2D eigenvalue weighted by atomic mass is 14.9. The van der Waals surface area contributed by atoms with Crippen LogP contribution in [0.25, 0.3) is 0 Å². The van der Waals surface area contributed by atoms with Crippen LogP contribution in [-0.4, -0.2) is 6.54 Å². The van der Waals surface area contributed by atoms with Crippen molar-refractivity contribution in [3.05, 3.63) is 35.4 Å². The van der Waals surface area contributed by atoms with Crippen LogP contribution in [0, 0.1) is 11.8 Å². The lowest BCUT2D eigenvalue weighted by molar-refractivity contribution is 0.274. The molecule has 2 fully saturated rings. The van der Waals surface area contributed by atoms with E-state index < -0.39 is 0 Å². The second-order valence-corrected chi connectivity index (χ2v) is 6.79. The maximum Gasteiger partial charge on any atom is 0.0205 e. The van der Waals surface area contributed by atoms with Crippen molar-refractivity contribution in [2.45, 2.75) is 57.9 Å². The zero-order chi connectivity index (χ0) is 13.1. The van der Waals surface area contributed by atoms with Crippen LogP contribution >= 0.6 is 0 Å². The number of hydrogen-bond acceptors (Lipinski definition) is 1. The van der Waals surface area contributed by atoms with Gasteiger partial charge in [-0.1, -0.05) is 44.0 Å². The molecule has 19 heavy (non-hydrogen) atoms. The van der Waals surface area contributed by atoms with Gasteiger partial charge in [-0.05, 0) is 61.1 Å². The Morgan fingerprint density at radius 1 is 1.16 bits per heavy atom. The molecule has 1 aromatic rings. The van der Waals surface area contributed by atoms with Crippen LogP contribution in [0.2, 0.25) is 0 Å². The Morgan fingerprint density at radius 3 is 2.84 bits per heavy atom. The zero-order valence-corrected chi connectivity index (χ0v) is 12.2. The summed E-state index contributed by atoms with van der Waals surface area (Å²) in [5, 5.41) is 3.68. The molecular weight excluding hydrogens is 230 g/mol. The quantitative estimate of drug-likeness (QED) is 0.820. The van der Waals surface area contributed by atoms with E-state index in [1.807, 2.05) is 0 Å². The maximum absolute atomic E-state index is 3.68. The summed E-state index contributed by atoms with van der Waals surface area (Å²) in [6.45, 7) is 4.66. The molecule has 1 heteroatoms. The van der Waals surface area contributed by atoms with Gasteiger partial charge in [0, 0.05) is 6.54 Å². The first-order valence-corrected chi connectivity index (χ1v) is 8.11. The molecular formula is C18H27N. The summed E-state index contributed by atoms with van der Waals surface area (Å²) in [7, 11) is 0. The van der Waals surface area contributed by atoms with E-state index in [2.05, 4.69) is 36.5 Å². The second-order valence-electron chi connectivity index (χ2n) is 6.79. The van der Waals surface area contributed by atoms with E-state index in [-0.39, 0.29) is 0 Å². The Hall–Kier alpha value is -0.820. The molecule has 3 rings (SSSR count). The van der Waals surface area contributed by atoms with Gasteiger partial charge in [-0.15, -0.1) is 0 Å². The van der Waals surface area contributed by atoms with Crippen LogP contribution < -0.4 is 5.32 Å². The molecule has 0 aliphatic heterocycles. The van der Waals surface area contributed by atoms with Crippen LogP contribution in [0.5, 0.6) is 0 Å². The van der Waals surface area contributed by atoms with Crippen molar-refractivity contribution in [1.82, 2.24) is 5.32 Å². The van der Waals surface area contributed by atoms with Crippen LogP contribution in [0.15, 0.2) is 24.3 Å². The molecule has 104 valence electrons. The van der Waals surface area contributed by atoms with E-state index in [4.69, 9.17) is 0 Å². The lowest BCUT2D eigenvalue weighted by Gasteiger charge is -2.26. The highest BCUT2D eigenvalue weighted by molar-refractivity contribution is 5.29. The van der Waals surface area contributed by atoms with Crippen molar-refractivity contribution < 1.29 is 0 Å². The van der Waals surface area contributed by atoms with E-state index in [9.17, 15) is 0 Å². The molecule has 2 atom stereocenters. The Kier molecular flexibility index (Phi) is 4.22. The normalized spacial score (nSPS) is 27.4. The lowest BCUT2D eigenvalue weighted by atomic mass is 9.82. The predicted molar refractivity (Wildman–Crippen MR) is 81.2 cm³/mol. The molecule has 1 nitrogen and oxygen atoms in total. The third-order valence-electron chi connectivity index (χ3n) is 4.81. The number of benzene rings is 1. The summed E-state index contributed by atoms with van der Waals surface area (Å²) in [6.07, 6.45) is 8.53. The molecule has 0 heterocycles. The minimum atomic E-state index is 0.874.